The molecule has 2 rings (SSSR count). The van der Waals surface area contributed by atoms with Gasteiger partial charge in [0.15, 0.2) is 0 Å². The summed E-state index contributed by atoms with van der Waals surface area (Å²) in [5.74, 6) is 0.387. The third kappa shape index (κ3) is 3.52. The fourth-order valence-corrected chi connectivity index (χ4v) is 4.83. The van der Waals surface area contributed by atoms with E-state index in [4.69, 9.17) is 16.3 Å². The van der Waals surface area contributed by atoms with Crippen molar-refractivity contribution in [2.75, 3.05) is 13.7 Å². The van der Waals surface area contributed by atoms with Crippen molar-refractivity contribution in [1.82, 2.24) is 4.31 Å². The number of sulfonamides is 1. The van der Waals surface area contributed by atoms with E-state index in [0.717, 1.165) is 25.7 Å². The predicted octanol–water partition coefficient (Wildman–Crippen LogP) is 3.69. The third-order valence-electron chi connectivity index (χ3n) is 4.02. The first-order chi connectivity index (χ1) is 10.0. The van der Waals surface area contributed by atoms with Gasteiger partial charge < -0.3 is 4.74 Å². The van der Waals surface area contributed by atoms with E-state index in [9.17, 15) is 8.42 Å². The van der Waals surface area contributed by atoms with Crippen molar-refractivity contribution in [2.24, 2.45) is 0 Å². The Balaban J connectivity index is 2.34. The minimum atomic E-state index is -3.51. The number of methoxy groups -OCH3 is 1. The molecule has 0 saturated heterocycles. The lowest BCUT2D eigenvalue weighted by Crippen LogP contribution is -2.41. The third-order valence-corrected chi connectivity index (χ3v) is 6.36. The van der Waals surface area contributed by atoms with Crippen molar-refractivity contribution in [2.45, 2.75) is 50.0 Å². The lowest BCUT2D eigenvalue weighted by atomic mass is 9.95. The number of hydrogen-bond acceptors (Lipinski definition) is 3. The average molecular weight is 332 g/mol. The molecule has 1 aliphatic rings. The van der Waals surface area contributed by atoms with E-state index in [-0.39, 0.29) is 10.9 Å². The highest BCUT2D eigenvalue weighted by molar-refractivity contribution is 7.89. The minimum Gasteiger partial charge on any atom is -0.495 e. The molecule has 118 valence electrons. The maximum atomic E-state index is 12.9. The van der Waals surface area contributed by atoms with Crippen LogP contribution in [0.2, 0.25) is 5.02 Å². The van der Waals surface area contributed by atoms with Crippen LogP contribution in [0.15, 0.2) is 23.1 Å². The van der Waals surface area contributed by atoms with Crippen molar-refractivity contribution < 1.29 is 13.2 Å². The predicted molar refractivity (Wildman–Crippen MR) is 84.4 cm³/mol. The SMILES string of the molecule is CCN(C1CCCCC1)S(=O)(=O)c1ccc(Cl)c(OC)c1. The molecule has 1 saturated carbocycles. The first-order valence-electron chi connectivity index (χ1n) is 7.36. The van der Waals surface area contributed by atoms with Crippen LogP contribution in [0.4, 0.5) is 0 Å². The molecule has 0 spiro atoms. The molecule has 0 heterocycles. The maximum Gasteiger partial charge on any atom is 0.243 e. The molecule has 0 bridgehead atoms. The van der Waals surface area contributed by atoms with Crippen molar-refractivity contribution in [3.63, 3.8) is 0 Å². The summed E-state index contributed by atoms with van der Waals surface area (Å²) in [6.07, 6.45) is 5.28. The van der Waals surface area contributed by atoms with Crippen LogP contribution in [0.1, 0.15) is 39.0 Å². The van der Waals surface area contributed by atoms with Gasteiger partial charge in [-0.2, -0.15) is 4.31 Å². The van der Waals surface area contributed by atoms with Gasteiger partial charge in [0.2, 0.25) is 10.0 Å². The molecule has 4 nitrogen and oxygen atoms in total. The van der Waals surface area contributed by atoms with Crippen molar-refractivity contribution >= 4 is 21.6 Å². The number of rotatable bonds is 5. The van der Waals surface area contributed by atoms with E-state index in [1.54, 1.807) is 16.4 Å². The fourth-order valence-electron chi connectivity index (χ4n) is 2.93. The Morgan fingerprint density at radius 2 is 1.95 bits per heavy atom. The van der Waals surface area contributed by atoms with Gasteiger partial charge in [-0.1, -0.05) is 37.8 Å². The highest BCUT2D eigenvalue weighted by Gasteiger charge is 2.31. The second-order valence-electron chi connectivity index (χ2n) is 5.30. The number of ether oxygens (including phenoxy) is 1. The topological polar surface area (TPSA) is 46.6 Å². The van der Waals surface area contributed by atoms with Crippen molar-refractivity contribution in [1.29, 1.82) is 0 Å². The summed E-state index contributed by atoms with van der Waals surface area (Å²) in [5.41, 5.74) is 0. The molecule has 0 N–H and O–H groups in total. The van der Waals surface area contributed by atoms with Crippen LogP contribution in [-0.2, 0) is 10.0 Å². The van der Waals surface area contributed by atoms with Crippen LogP contribution >= 0.6 is 11.6 Å². The molecule has 21 heavy (non-hydrogen) atoms. The highest BCUT2D eigenvalue weighted by Crippen LogP contribution is 2.31. The molecule has 0 atom stereocenters. The van der Waals surface area contributed by atoms with Gasteiger partial charge in [-0.15, -0.1) is 0 Å². The summed E-state index contributed by atoms with van der Waals surface area (Å²) in [6, 6.07) is 4.73. The highest BCUT2D eigenvalue weighted by atomic mass is 35.5. The van der Waals surface area contributed by atoms with Gasteiger partial charge in [0.1, 0.15) is 5.75 Å². The standard InChI is InChI=1S/C15H22ClNO3S/c1-3-17(12-7-5-4-6-8-12)21(18,19)13-9-10-14(16)15(11-13)20-2/h9-12H,3-8H2,1-2H3. The zero-order chi connectivity index (χ0) is 15.5. The van der Waals surface area contributed by atoms with E-state index in [0.29, 0.717) is 17.3 Å². The average Bonchev–Trinajstić information content (AvgIpc) is 2.49. The Morgan fingerprint density at radius 1 is 1.29 bits per heavy atom. The zero-order valence-electron chi connectivity index (χ0n) is 12.5. The summed E-state index contributed by atoms with van der Waals surface area (Å²) >= 11 is 5.98. The summed E-state index contributed by atoms with van der Waals surface area (Å²) in [4.78, 5) is 0.246. The molecule has 1 fully saturated rings. The lowest BCUT2D eigenvalue weighted by Gasteiger charge is -2.32. The first kappa shape index (κ1) is 16.6. The van der Waals surface area contributed by atoms with Crippen molar-refractivity contribution in [3.8, 4) is 5.75 Å². The monoisotopic (exact) mass is 331 g/mol. The molecule has 0 aromatic heterocycles. The summed E-state index contributed by atoms with van der Waals surface area (Å²) in [7, 11) is -2.02. The Hall–Kier alpha value is -0.780. The number of nitrogens with zero attached hydrogens (tertiary/aromatic N) is 1. The van der Waals surface area contributed by atoms with E-state index in [1.165, 1.54) is 19.6 Å². The van der Waals surface area contributed by atoms with Crippen LogP contribution < -0.4 is 4.74 Å². The van der Waals surface area contributed by atoms with Crippen molar-refractivity contribution in [3.05, 3.63) is 23.2 Å². The largest absolute Gasteiger partial charge is 0.495 e. The van der Waals surface area contributed by atoms with Gasteiger partial charge in [-0.3, -0.25) is 0 Å². The van der Waals surface area contributed by atoms with E-state index >= 15 is 0 Å². The van der Waals surface area contributed by atoms with Gasteiger partial charge in [0.05, 0.1) is 17.0 Å². The molecular weight excluding hydrogens is 310 g/mol. The summed E-state index contributed by atoms with van der Waals surface area (Å²) < 4.78 is 32.5. The second kappa shape index (κ2) is 6.99. The smallest absolute Gasteiger partial charge is 0.243 e. The quantitative estimate of drug-likeness (QED) is 0.826. The van der Waals surface area contributed by atoms with Gasteiger partial charge >= 0.3 is 0 Å². The molecule has 1 aliphatic carbocycles. The fraction of sp³-hybridized carbons (Fsp3) is 0.600. The Kier molecular flexibility index (Phi) is 5.52. The zero-order valence-corrected chi connectivity index (χ0v) is 14.1. The van der Waals surface area contributed by atoms with Gasteiger partial charge in [0.25, 0.3) is 0 Å². The van der Waals surface area contributed by atoms with Crippen LogP contribution in [0.5, 0.6) is 5.75 Å². The molecular formula is C15H22ClNO3S. The van der Waals surface area contributed by atoms with Crippen LogP contribution in [0.3, 0.4) is 0 Å². The van der Waals surface area contributed by atoms with E-state index < -0.39 is 10.0 Å². The Bertz CT molecular complexity index is 583. The molecule has 0 unspecified atom stereocenters. The molecule has 0 aliphatic heterocycles. The number of benzene rings is 1. The molecule has 1 aromatic rings. The van der Waals surface area contributed by atoms with Gasteiger partial charge in [-0.25, -0.2) is 8.42 Å². The Morgan fingerprint density at radius 3 is 2.52 bits per heavy atom. The first-order valence-corrected chi connectivity index (χ1v) is 9.18. The molecule has 1 aromatic carbocycles. The minimum absolute atomic E-state index is 0.107. The summed E-state index contributed by atoms with van der Waals surface area (Å²) in [6.45, 7) is 2.37. The molecule has 0 amide bonds. The normalized spacial score (nSPS) is 17.1. The molecule has 0 radical (unpaired) electrons. The molecule has 6 heteroatoms. The maximum absolute atomic E-state index is 12.9. The lowest BCUT2D eigenvalue weighted by molar-refractivity contribution is 0.261. The van der Waals surface area contributed by atoms with E-state index in [1.807, 2.05) is 6.92 Å². The second-order valence-corrected chi connectivity index (χ2v) is 7.59. The number of halogens is 1. The Labute approximate surface area is 132 Å². The van der Waals surface area contributed by atoms with Crippen LogP contribution in [-0.4, -0.2) is 32.4 Å². The number of hydrogen-bond donors (Lipinski definition) is 0. The van der Waals surface area contributed by atoms with E-state index in [2.05, 4.69) is 0 Å². The van der Waals surface area contributed by atoms with Crippen LogP contribution in [0.25, 0.3) is 0 Å². The summed E-state index contributed by atoms with van der Waals surface area (Å²) in [5, 5.41) is 0.414. The van der Waals surface area contributed by atoms with Crippen LogP contribution in [0, 0.1) is 0 Å². The van der Waals surface area contributed by atoms with Gasteiger partial charge in [-0.05, 0) is 25.0 Å². The van der Waals surface area contributed by atoms with Gasteiger partial charge in [0, 0.05) is 18.7 Å².